The van der Waals surface area contributed by atoms with Gasteiger partial charge >= 0.3 is 5.97 Å². The molecule has 0 N–H and O–H groups in total. The van der Waals surface area contributed by atoms with Crippen LogP contribution in [0.1, 0.15) is 38.2 Å². The molecule has 6 heteroatoms. The first kappa shape index (κ1) is 19.5. The first-order valence-corrected chi connectivity index (χ1v) is 9.56. The van der Waals surface area contributed by atoms with Gasteiger partial charge in [-0.2, -0.15) is 0 Å². The Labute approximate surface area is 159 Å². The third kappa shape index (κ3) is 4.38. The number of ether oxygens (including phenoxy) is 1. The lowest BCUT2D eigenvalue weighted by Gasteiger charge is -2.41. The van der Waals surface area contributed by atoms with E-state index in [9.17, 15) is 9.18 Å². The Kier molecular flexibility index (Phi) is 6.26. The van der Waals surface area contributed by atoms with Crippen LogP contribution in [0.3, 0.4) is 0 Å². The Balaban J connectivity index is 1.73. The van der Waals surface area contributed by atoms with Crippen molar-refractivity contribution in [2.45, 2.75) is 38.7 Å². The Morgan fingerprint density at radius 3 is 3.07 bits per heavy atom. The largest absolute Gasteiger partial charge is 0.466 e. The van der Waals surface area contributed by atoms with E-state index in [2.05, 4.69) is 16.6 Å². The number of carbonyl (C=O) groups is 1. The van der Waals surface area contributed by atoms with E-state index in [1.54, 1.807) is 18.2 Å². The molecule has 27 heavy (non-hydrogen) atoms. The van der Waals surface area contributed by atoms with Crippen LogP contribution in [0.2, 0.25) is 0 Å². The molecule has 2 heterocycles. The number of hydrogen-bond donors (Lipinski definition) is 0. The molecule has 5 nitrogen and oxygen atoms in total. The third-order valence-electron chi connectivity index (χ3n) is 5.29. The van der Waals surface area contributed by atoms with Crippen LogP contribution in [-0.4, -0.2) is 48.9 Å². The summed E-state index contributed by atoms with van der Waals surface area (Å²) in [4.78, 5) is 20.7. The van der Waals surface area contributed by atoms with E-state index in [1.807, 2.05) is 13.0 Å². The molecule has 146 valence electrons. The molecule has 0 aromatic heterocycles. The second kappa shape index (κ2) is 8.65. The SMILES string of the molecule is C=CCN1CCC[C@](C[C@@H]2CC(c3ccccc3F)=NO2)(C(=O)OCC)C1. The predicted octanol–water partition coefficient (Wildman–Crippen LogP) is 3.54. The quantitative estimate of drug-likeness (QED) is 0.541. The van der Waals surface area contributed by atoms with Crippen LogP contribution < -0.4 is 0 Å². The fraction of sp³-hybridized carbons (Fsp3) is 0.524. The van der Waals surface area contributed by atoms with Gasteiger partial charge in [-0.15, -0.1) is 6.58 Å². The van der Waals surface area contributed by atoms with Gasteiger partial charge < -0.3 is 9.57 Å². The van der Waals surface area contributed by atoms with Crippen molar-refractivity contribution in [3.05, 3.63) is 48.3 Å². The summed E-state index contributed by atoms with van der Waals surface area (Å²) >= 11 is 0. The summed E-state index contributed by atoms with van der Waals surface area (Å²) in [5.74, 6) is -0.489. The lowest BCUT2D eigenvalue weighted by molar-refractivity contribution is -0.162. The summed E-state index contributed by atoms with van der Waals surface area (Å²) in [6.07, 6.45) is 4.28. The molecular formula is C21H27FN2O3. The van der Waals surface area contributed by atoms with Crippen LogP contribution in [-0.2, 0) is 14.4 Å². The van der Waals surface area contributed by atoms with Gasteiger partial charge in [0.2, 0.25) is 0 Å². The number of likely N-dealkylation sites (tertiary alicyclic amines) is 1. The van der Waals surface area contributed by atoms with E-state index < -0.39 is 5.41 Å². The number of oxime groups is 1. The molecule has 0 aliphatic carbocycles. The normalized spacial score (nSPS) is 25.6. The number of halogens is 1. The highest BCUT2D eigenvalue weighted by Crippen LogP contribution is 2.39. The van der Waals surface area contributed by atoms with Gasteiger partial charge in [0.25, 0.3) is 0 Å². The van der Waals surface area contributed by atoms with Crippen molar-refractivity contribution < 1.29 is 18.8 Å². The maximum absolute atomic E-state index is 14.0. The Morgan fingerprint density at radius 2 is 2.33 bits per heavy atom. The zero-order valence-corrected chi connectivity index (χ0v) is 15.8. The van der Waals surface area contributed by atoms with Gasteiger partial charge in [0.1, 0.15) is 11.9 Å². The van der Waals surface area contributed by atoms with E-state index in [-0.39, 0.29) is 17.9 Å². The Bertz CT molecular complexity index is 721. The van der Waals surface area contributed by atoms with Gasteiger partial charge in [0, 0.05) is 31.5 Å². The monoisotopic (exact) mass is 374 g/mol. The molecule has 2 aliphatic rings. The Morgan fingerprint density at radius 1 is 1.52 bits per heavy atom. The minimum absolute atomic E-state index is 0.179. The van der Waals surface area contributed by atoms with E-state index in [0.29, 0.717) is 37.3 Å². The van der Waals surface area contributed by atoms with Crippen LogP contribution in [0.5, 0.6) is 0 Å². The van der Waals surface area contributed by atoms with E-state index >= 15 is 0 Å². The lowest BCUT2D eigenvalue weighted by atomic mass is 9.74. The summed E-state index contributed by atoms with van der Waals surface area (Å²) < 4.78 is 19.4. The van der Waals surface area contributed by atoms with E-state index in [4.69, 9.17) is 9.57 Å². The predicted molar refractivity (Wildman–Crippen MR) is 102 cm³/mol. The first-order chi connectivity index (χ1) is 13.1. The van der Waals surface area contributed by atoms with Gasteiger partial charge in [-0.25, -0.2) is 4.39 Å². The van der Waals surface area contributed by atoms with Crippen molar-refractivity contribution in [3.8, 4) is 0 Å². The summed E-state index contributed by atoms with van der Waals surface area (Å²) in [6.45, 7) is 8.27. The minimum atomic E-state index is -0.623. The average molecular weight is 374 g/mol. The number of rotatable bonds is 7. The van der Waals surface area contributed by atoms with Crippen molar-refractivity contribution in [1.82, 2.24) is 4.90 Å². The fourth-order valence-electron chi connectivity index (χ4n) is 4.09. The number of nitrogens with zero attached hydrogens (tertiary/aromatic N) is 2. The topological polar surface area (TPSA) is 51.1 Å². The highest BCUT2D eigenvalue weighted by Gasteiger charge is 2.46. The average Bonchev–Trinajstić information content (AvgIpc) is 3.11. The maximum Gasteiger partial charge on any atom is 0.313 e. The number of carbonyl (C=O) groups excluding carboxylic acids is 1. The fourth-order valence-corrected chi connectivity index (χ4v) is 4.09. The van der Waals surface area contributed by atoms with Crippen molar-refractivity contribution in [2.75, 3.05) is 26.2 Å². The first-order valence-electron chi connectivity index (χ1n) is 9.56. The van der Waals surface area contributed by atoms with Gasteiger partial charge in [0.15, 0.2) is 0 Å². The molecule has 0 radical (unpaired) electrons. The molecule has 0 bridgehead atoms. The molecule has 1 aromatic rings. The molecule has 0 saturated carbocycles. The summed E-state index contributed by atoms with van der Waals surface area (Å²) in [6, 6.07) is 6.55. The highest BCUT2D eigenvalue weighted by atomic mass is 19.1. The van der Waals surface area contributed by atoms with Crippen LogP contribution in [0, 0.1) is 11.2 Å². The maximum atomic E-state index is 14.0. The summed E-state index contributed by atoms with van der Waals surface area (Å²) in [7, 11) is 0. The molecule has 1 saturated heterocycles. The van der Waals surface area contributed by atoms with E-state index in [1.165, 1.54) is 6.07 Å². The van der Waals surface area contributed by atoms with Crippen molar-refractivity contribution >= 4 is 11.7 Å². The highest BCUT2D eigenvalue weighted by molar-refractivity contribution is 6.01. The van der Waals surface area contributed by atoms with Gasteiger partial charge in [-0.1, -0.05) is 29.4 Å². The van der Waals surface area contributed by atoms with Crippen molar-refractivity contribution in [2.24, 2.45) is 10.6 Å². The molecule has 0 unspecified atom stereocenters. The van der Waals surface area contributed by atoms with Crippen LogP contribution in [0.4, 0.5) is 4.39 Å². The second-order valence-electron chi connectivity index (χ2n) is 7.28. The number of piperidine rings is 1. The van der Waals surface area contributed by atoms with Crippen molar-refractivity contribution in [3.63, 3.8) is 0 Å². The molecular weight excluding hydrogens is 347 g/mol. The number of esters is 1. The molecule has 1 aromatic carbocycles. The van der Waals surface area contributed by atoms with Gasteiger partial charge in [0.05, 0.1) is 17.7 Å². The Hall–Kier alpha value is -2.21. The zero-order chi connectivity index (χ0) is 19.3. The van der Waals surface area contributed by atoms with Crippen LogP contribution >= 0.6 is 0 Å². The van der Waals surface area contributed by atoms with Crippen LogP contribution in [0.15, 0.2) is 42.1 Å². The third-order valence-corrected chi connectivity index (χ3v) is 5.29. The minimum Gasteiger partial charge on any atom is -0.466 e. The smallest absolute Gasteiger partial charge is 0.313 e. The lowest BCUT2D eigenvalue weighted by Crippen LogP contribution is -2.50. The standard InChI is InChI=1S/C21H27FN2O3/c1-3-11-24-12-7-10-21(15-24,20(25)26-4-2)14-16-13-19(23-27-16)17-8-5-6-9-18(17)22/h3,5-6,8-9,16H,1,4,7,10-15H2,2H3/t16-,21+/m0/s1. The summed E-state index contributed by atoms with van der Waals surface area (Å²) in [5.41, 5.74) is 0.431. The molecule has 0 spiro atoms. The van der Waals surface area contributed by atoms with Gasteiger partial charge in [-0.3, -0.25) is 9.69 Å². The summed E-state index contributed by atoms with van der Waals surface area (Å²) in [5, 5.41) is 4.10. The number of benzene rings is 1. The molecule has 0 amide bonds. The van der Waals surface area contributed by atoms with Crippen molar-refractivity contribution in [1.29, 1.82) is 0 Å². The molecule has 2 aliphatic heterocycles. The zero-order valence-electron chi connectivity index (χ0n) is 15.8. The second-order valence-corrected chi connectivity index (χ2v) is 7.28. The number of hydrogen-bond acceptors (Lipinski definition) is 5. The van der Waals surface area contributed by atoms with Gasteiger partial charge in [-0.05, 0) is 32.4 Å². The van der Waals surface area contributed by atoms with Crippen LogP contribution in [0.25, 0.3) is 0 Å². The molecule has 2 atom stereocenters. The van der Waals surface area contributed by atoms with E-state index in [0.717, 1.165) is 25.9 Å². The molecule has 3 rings (SSSR count). The molecule has 1 fully saturated rings.